The van der Waals surface area contributed by atoms with Crippen LogP contribution in [0.25, 0.3) is 0 Å². The summed E-state index contributed by atoms with van der Waals surface area (Å²) in [5.74, 6) is -0.278. The first-order chi connectivity index (χ1) is 10.6. The van der Waals surface area contributed by atoms with Crippen molar-refractivity contribution in [1.29, 1.82) is 0 Å². The van der Waals surface area contributed by atoms with Crippen LogP contribution in [-0.4, -0.2) is 28.6 Å². The molecule has 2 atom stereocenters. The highest BCUT2D eigenvalue weighted by Gasteiger charge is 2.29. The molecule has 0 aliphatic carbocycles. The van der Waals surface area contributed by atoms with E-state index in [-0.39, 0.29) is 0 Å². The molecule has 0 amide bonds. The molecule has 2 unspecified atom stereocenters. The minimum atomic E-state index is -0.870. The van der Waals surface area contributed by atoms with Gasteiger partial charge in [-0.15, -0.1) is 0 Å². The summed E-state index contributed by atoms with van der Waals surface area (Å²) in [6.45, 7) is 4.21. The predicted octanol–water partition coefficient (Wildman–Crippen LogP) is 3.76. The molecule has 0 bridgehead atoms. The number of nitrogens with zero attached hydrogens (tertiary/aromatic N) is 1. The number of carboxylic acid groups (broad SMARTS) is 1. The van der Waals surface area contributed by atoms with Crippen molar-refractivity contribution >= 4 is 5.97 Å². The highest BCUT2D eigenvalue weighted by molar-refractivity contribution is 5.87. The van der Waals surface area contributed by atoms with E-state index in [4.69, 9.17) is 5.11 Å². The summed E-state index contributed by atoms with van der Waals surface area (Å²) in [6.07, 6.45) is 1.18. The van der Waals surface area contributed by atoms with Gasteiger partial charge in [0.2, 0.25) is 0 Å². The standard InChI is InChI=1S/C19H21NO2/c1-14-11-18(16-5-3-2-4-6-16)13-20(14)12-15-7-9-17(10-8-15)19(21)22/h2-10,14,18H,11-13H2,1H3,(H,21,22). The number of aromatic carboxylic acids is 1. The molecular weight excluding hydrogens is 274 g/mol. The van der Waals surface area contributed by atoms with Gasteiger partial charge in [0.15, 0.2) is 0 Å². The lowest BCUT2D eigenvalue weighted by molar-refractivity contribution is 0.0697. The van der Waals surface area contributed by atoms with Crippen molar-refractivity contribution in [1.82, 2.24) is 4.90 Å². The normalized spacial score (nSPS) is 21.9. The van der Waals surface area contributed by atoms with E-state index in [0.29, 0.717) is 17.5 Å². The molecule has 1 heterocycles. The van der Waals surface area contributed by atoms with Crippen LogP contribution in [0.1, 0.15) is 40.7 Å². The first-order valence-electron chi connectivity index (χ1n) is 7.74. The van der Waals surface area contributed by atoms with Gasteiger partial charge in [0.1, 0.15) is 0 Å². The topological polar surface area (TPSA) is 40.5 Å². The SMILES string of the molecule is CC1CC(c2ccccc2)CN1Cc1ccc(C(=O)O)cc1. The molecule has 1 saturated heterocycles. The number of carboxylic acids is 1. The maximum Gasteiger partial charge on any atom is 0.335 e. The Labute approximate surface area is 131 Å². The fourth-order valence-electron chi connectivity index (χ4n) is 3.27. The van der Waals surface area contributed by atoms with Crippen LogP contribution in [0.3, 0.4) is 0 Å². The van der Waals surface area contributed by atoms with Crippen molar-refractivity contribution in [3.05, 3.63) is 71.3 Å². The van der Waals surface area contributed by atoms with Gasteiger partial charge >= 0.3 is 5.97 Å². The number of carbonyl (C=O) groups is 1. The molecule has 2 aromatic carbocycles. The molecule has 1 N–H and O–H groups in total. The maximum absolute atomic E-state index is 10.9. The van der Waals surface area contributed by atoms with Gasteiger partial charge in [0, 0.05) is 19.1 Å². The lowest BCUT2D eigenvalue weighted by Gasteiger charge is -2.21. The van der Waals surface area contributed by atoms with E-state index in [9.17, 15) is 4.79 Å². The third-order valence-corrected chi connectivity index (χ3v) is 4.56. The zero-order valence-electron chi connectivity index (χ0n) is 12.8. The average molecular weight is 295 g/mol. The lowest BCUT2D eigenvalue weighted by Crippen LogP contribution is -2.26. The van der Waals surface area contributed by atoms with Crippen molar-refractivity contribution < 1.29 is 9.90 Å². The fourth-order valence-corrected chi connectivity index (χ4v) is 3.27. The van der Waals surface area contributed by atoms with Gasteiger partial charge in [-0.2, -0.15) is 0 Å². The van der Waals surface area contributed by atoms with Gasteiger partial charge in [-0.25, -0.2) is 4.79 Å². The van der Waals surface area contributed by atoms with Crippen LogP contribution in [0, 0.1) is 0 Å². The third kappa shape index (κ3) is 3.20. The van der Waals surface area contributed by atoms with Crippen LogP contribution in [0.5, 0.6) is 0 Å². The second-order valence-corrected chi connectivity index (χ2v) is 6.12. The monoisotopic (exact) mass is 295 g/mol. The van der Waals surface area contributed by atoms with E-state index in [1.54, 1.807) is 12.1 Å². The summed E-state index contributed by atoms with van der Waals surface area (Å²) in [5.41, 5.74) is 2.93. The lowest BCUT2D eigenvalue weighted by atomic mass is 9.97. The highest BCUT2D eigenvalue weighted by atomic mass is 16.4. The highest BCUT2D eigenvalue weighted by Crippen LogP contribution is 2.32. The Kier molecular flexibility index (Phi) is 4.25. The van der Waals surface area contributed by atoms with E-state index in [1.807, 2.05) is 12.1 Å². The Morgan fingerprint density at radius 1 is 1.14 bits per heavy atom. The Hall–Kier alpha value is -2.13. The van der Waals surface area contributed by atoms with Gasteiger partial charge in [-0.3, -0.25) is 4.90 Å². The van der Waals surface area contributed by atoms with Crippen molar-refractivity contribution in [2.24, 2.45) is 0 Å². The van der Waals surface area contributed by atoms with Crippen LogP contribution in [0.15, 0.2) is 54.6 Å². The quantitative estimate of drug-likeness (QED) is 0.933. The van der Waals surface area contributed by atoms with E-state index >= 15 is 0 Å². The van der Waals surface area contributed by atoms with Gasteiger partial charge in [0.25, 0.3) is 0 Å². The molecule has 1 aliphatic heterocycles. The van der Waals surface area contributed by atoms with Crippen molar-refractivity contribution in [2.75, 3.05) is 6.54 Å². The zero-order chi connectivity index (χ0) is 15.5. The Balaban J connectivity index is 1.67. The van der Waals surface area contributed by atoms with Crippen LogP contribution in [0.4, 0.5) is 0 Å². The van der Waals surface area contributed by atoms with Gasteiger partial charge < -0.3 is 5.11 Å². The van der Waals surface area contributed by atoms with E-state index in [2.05, 4.69) is 42.2 Å². The molecular formula is C19H21NO2. The van der Waals surface area contributed by atoms with Gasteiger partial charge in [-0.05, 0) is 42.5 Å². The second kappa shape index (κ2) is 6.32. The van der Waals surface area contributed by atoms with Gasteiger partial charge in [0.05, 0.1) is 5.56 Å². The first kappa shape index (κ1) is 14.8. The number of likely N-dealkylation sites (tertiary alicyclic amines) is 1. The van der Waals surface area contributed by atoms with Crippen LogP contribution >= 0.6 is 0 Å². The molecule has 2 aromatic rings. The average Bonchev–Trinajstić information content (AvgIpc) is 2.90. The fraction of sp³-hybridized carbons (Fsp3) is 0.316. The van der Waals surface area contributed by atoms with Gasteiger partial charge in [-0.1, -0.05) is 42.5 Å². The number of hydrogen-bond donors (Lipinski definition) is 1. The molecule has 3 heteroatoms. The Morgan fingerprint density at radius 2 is 1.82 bits per heavy atom. The summed E-state index contributed by atoms with van der Waals surface area (Å²) in [5, 5.41) is 8.95. The predicted molar refractivity (Wildman–Crippen MR) is 87.1 cm³/mol. The van der Waals surface area contributed by atoms with Crippen molar-refractivity contribution in [3.63, 3.8) is 0 Å². The summed E-state index contributed by atoms with van der Waals surface area (Å²) in [4.78, 5) is 13.4. The minimum absolute atomic E-state index is 0.348. The molecule has 1 aliphatic rings. The second-order valence-electron chi connectivity index (χ2n) is 6.12. The van der Waals surface area contributed by atoms with Crippen LogP contribution in [-0.2, 0) is 6.54 Å². The molecule has 3 nitrogen and oxygen atoms in total. The molecule has 114 valence electrons. The molecule has 0 radical (unpaired) electrons. The summed E-state index contributed by atoms with van der Waals surface area (Å²) >= 11 is 0. The van der Waals surface area contributed by atoms with Crippen molar-refractivity contribution in [3.8, 4) is 0 Å². The molecule has 0 aromatic heterocycles. The van der Waals surface area contributed by atoms with Crippen molar-refractivity contribution in [2.45, 2.75) is 31.8 Å². The summed E-state index contributed by atoms with van der Waals surface area (Å²) in [7, 11) is 0. The Morgan fingerprint density at radius 3 is 2.45 bits per heavy atom. The summed E-state index contributed by atoms with van der Waals surface area (Å²) < 4.78 is 0. The smallest absolute Gasteiger partial charge is 0.335 e. The maximum atomic E-state index is 10.9. The first-order valence-corrected chi connectivity index (χ1v) is 7.74. The molecule has 3 rings (SSSR count). The van der Waals surface area contributed by atoms with Crippen LogP contribution in [0.2, 0.25) is 0 Å². The van der Waals surface area contributed by atoms with E-state index < -0.39 is 5.97 Å². The minimum Gasteiger partial charge on any atom is -0.478 e. The molecule has 0 saturated carbocycles. The largest absolute Gasteiger partial charge is 0.478 e. The number of benzene rings is 2. The number of hydrogen-bond acceptors (Lipinski definition) is 2. The summed E-state index contributed by atoms with van der Waals surface area (Å²) in [6, 6.07) is 18.5. The zero-order valence-corrected chi connectivity index (χ0v) is 12.8. The Bertz CT molecular complexity index is 636. The van der Waals surface area contributed by atoms with Crippen LogP contribution < -0.4 is 0 Å². The number of rotatable bonds is 4. The molecule has 1 fully saturated rings. The molecule has 0 spiro atoms. The van der Waals surface area contributed by atoms with E-state index in [0.717, 1.165) is 13.1 Å². The third-order valence-electron chi connectivity index (χ3n) is 4.56. The molecule has 22 heavy (non-hydrogen) atoms. The van der Waals surface area contributed by atoms with E-state index in [1.165, 1.54) is 17.5 Å².